The van der Waals surface area contributed by atoms with Gasteiger partial charge in [-0.2, -0.15) is 0 Å². The Kier molecular flexibility index (Phi) is 3.06. The second kappa shape index (κ2) is 4.43. The van der Waals surface area contributed by atoms with Crippen molar-refractivity contribution < 1.29 is 18.4 Å². The van der Waals surface area contributed by atoms with Crippen LogP contribution in [-0.2, 0) is 9.31 Å². The Morgan fingerprint density at radius 1 is 1.25 bits per heavy atom. The Balaban J connectivity index is 1.84. The van der Waals surface area contributed by atoms with Gasteiger partial charge >= 0.3 is 7.12 Å². The van der Waals surface area contributed by atoms with Gasteiger partial charge in [0.2, 0.25) is 0 Å². The molecule has 1 aromatic heterocycles. The molecule has 0 atom stereocenters. The van der Waals surface area contributed by atoms with E-state index in [-0.39, 0.29) is 11.9 Å². The second-order valence-electron chi connectivity index (χ2n) is 6.45. The summed E-state index contributed by atoms with van der Waals surface area (Å²) in [6, 6.07) is 1.58. The molecule has 20 heavy (non-hydrogen) atoms. The first-order valence-electron chi connectivity index (χ1n) is 6.96. The second-order valence-corrected chi connectivity index (χ2v) is 6.45. The zero-order chi connectivity index (χ0) is 14.5. The highest BCUT2D eigenvalue weighted by Gasteiger charge is 2.52. The van der Waals surface area contributed by atoms with Crippen LogP contribution in [0.1, 0.15) is 40.5 Å². The molecule has 0 unspecified atom stereocenters. The summed E-state index contributed by atoms with van der Waals surface area (Å²) < 4.78 is 31.0. The van der Waals surface area contributed by atoms with Crippen molar-refractivity contribution in [2.45, 2.75) is 57.8 Å². The van der Waals surface area contributed by atoms with Gasteiger partial charge in [0.1, 0.15) is 0 Å². The fourth-order valence-electron chi connectivity index (χ4n) is 1.98. The average molecular weight is 279 g/mol. The largest absolute Gasteiger partial charge is 0.514 e. The number of ether oxygens (including phenoxy) is 1. The summed E-state index contributed by atoms with van der Waals surface area (Å²) in [4.78, 5) is 4.07. The van der Waals surface area contributed by atoms with Gasteiger partial charge in [-0.25, -0.2) is 4.39 Å². The minimum atomic E-state index is -0.595. The molecule has 0 radical (unpaired) electrons. The van der Waals surface area contributed by atoms with Crippen LogP contribution in [0.3, 0.4) is 0 Å². The number of halogens is 1. The van der Waals surface area contributed by atoms with Crippen molar-refractivity contribution in [2.24, 2.45) is 0 Å². The fourth-order valence-corrected chi connectivity index (χ4v) is 1.98. The van der Waals surface area contributed by atoms with Crippen LogP contribution in [0.2, 0.25) is 0 Å². The molecule has 108 valence electrons. The van der Waals surface area contributed by atoms with Crippen LogP contribution in [-0.4, -0.2) is 29.4 Å². The van der Waals surface area contributed by atoms with Crippen molar-refractivity contribution in [3.8, 4) is 5.75 Å². The molecule has 1 saturated carbocycles. The zero-order valence-corrected chi connectivity index (χ0v) is 12.3. The topological polar surface area (TPSA) is 40.6 Å². The van der Waals surface area contributed by atoms with E-state index in [1.807, 2.05) is 27.7 Å². The number of hydrogen-bond acceptors (Lipinski definition) is 4. The quantitative estimate of drug-likeness (QED) is 0.794. The van der Waals surface area contributed by atoms with Crippen molar-refractivity contribution in [3.05, 3.63) is 18.1 Å². The lowest BCUT2D eigenvalue weighted by Crippen LogP contribution is -2.41. The molecule has 2 fully saturated rings. The first-order valence-corrected chi connectivity index (χ1v) is 6.96. The summed E-state index contributed by atoms with van der Waals surface area (Å²) in [6.07, 6.45) is 3.26. The van der Waals surface area contributed by atoms with Gasteiger partial charge in [-0.15, -0.1) is 0 Å². The zero-order valence-electron chi connectivity index (χ0n) is 12.3. The Morgan fingerprint density at radius 2 is 1.85 bits per heavy atom. The Labute approximate surface area is 118 Å². The summed E-state index contributed by atoms with van der Waals surface area (Å²) >= 11 is 0. The molecule has 0 spiro atoms. The van der Waals surface area contributed by atoms with E-state index in [0.29, 0.717) is 5.59 Å². The van der Waals surface area contributed by atoms with Gasteiger partial charge in [-0.1, -0.05) is 0 Å². The first kappa shape index (κ1) is 13.8. The van der Waals surface area contributed by atoms with E-state index in [0.717, 1.165) is 19.0 Å². The molecule has 4 nitrogen and oxygen atoms in total. The van der Waals surface area contributed by atoms with Crippen LogP contribution in [0.25, 0.3) is 0 Å². The van der Waals surface area contributed by atoms with Crippen LogP contribution in [0.15, 0.2) is 12.3 Å². The number of hydrogen-bond donors (Lipinski definition) is 0. The molecule has 1 aromatic rings. The van der Waals surface area contributed by atoms with Crippen LogP contribution < -0.4 is 10.3 Å². The Bertz CT molecular complexity index is 515. The van der Waals surface area contributed by atoms with E-state index in [1.54, 1.807) is 6.07 Å². The number of rotatable bonds is 3. The number of nitrogens with zero attached hydrogens (tertiary/aromatic N) is 1. The Morgan fingerprint density at radius 3 is 2.40 bits per heavy atom. The van der Waals surface area contributed by atoms with Crippen molar-refractivity contribution in [3.63, 3.8) is 0 Å². The first-order chi connectivity index (χ1) is 9.28. The third kappa shape index (κ3) is 2.42. The van der Waals surface area contributed by atoms with Crippen LogP contribution >= 0.6 is 0 Å². The van der Waals surface area contributed by atoms with Gasteiger partial charge in [0, 0.05) is 6.07 Å². The van der Waals surface area contributed by atoms with Crippen LogP contribution in [0, 0.1) is 5.82 Å². The number of aromatic nitrogens is 1. The Hall–Kier alpha value is -1.14. The maximum Gasteiger partial charge on any atom is 0.514 e. The van der Waals surface area contributed by atoms with E-state index in [9.17, 15) is 4.39 Å². The van der Waals surface area contributed by atoms with Gasteiger partial charge in [-0.3, -0.25) is 4.98 Å². The van der Waals surface area contributed by atoms with E-state index in [4.69, 9.17) is 14.0 Å². The van der Waals surface area contributed by atoms with Crippen LogP contribution in [0.5, 0.6) is 5.75 Å². The summed E-state index contributed by atoms with van der Waals surface area (Å²) in [5, 5.41) is 0. The molecule has 6 heteroatoms. The molecule has 0 amide bonds. The fraction of sp³-hybridized carbons (Fsp3) is 0.643. The van der Waals surface area contributed by atoms with Crippen molar-refractivity contribution in [1.29, 1.82) is 0 Å². The summed E-state index contributed by atoms with van der Waals surface area (Å²) in [7, 11) is -0.595. The van der Waals surface area contributed by atoms with Gasteiger partial charge in [0.05, 0.1) is 29.1 Å². The molecule has 3 rings (SSSR count). The predicted octanol–water partition coefficient (Wildman–Crippen LogP) is 2.06. The monoisotopic (exact) mass is 279 g/mol. The van der Waals surface area contributed by atoms with Gasteiger partial charge in [-0.05, 0) is 40.5 Å². The lowest BCUT2D eigenvalue weighted by molar-refractivity contribution is 0.00578. The summed E-state index contributed by atoms with van der Waals surface area (Å²) in [6.45, 7) is 7.88. The van der Waals surface area contributed by atoms with Crippen molar-refractivity contribution in [1.82, 2.24) is 4.98 Å². The molecular weight excluding hydrogens is 260 g/mol. The molecule has 1 aliphatic carbocycles. The van der Waals surface area contributed by atoms with Gasteiger partial charge in [0.25, 0.3) is 0 Å². The molecular formula is C14H19BFNO3. The third-order valence-electron chi connectivity index (χ3n) is 4.15. The minimum absolute atomic E-state index is 0.137. The standard InChI is InChI=1S/C14H19BFNO3/c1-13(2)14(3,4)20-15(19-13)12-7-11(10(16)8-17-12)18-9-5-6-9/h7-9H,5-6H2,1-4H3. The molecule has 1 aliphatic heterocycles. The third-order valence-corrected chi connectivity index (χ3v) is 4.15. The van der Waals surface area contributed by atoms with Gasteiger partial charge in [0.15, 0.2) is 11.6 Å². The molecule has 2 heterocycles. The minimum Gasteiger partial charge on any atom is -0.487 e. The van der Waals surface area contributed by atoms with Crippen molar-refractivity contribution in [2.75, 3.05) is 0 Å². The van der Waals surface area contributed by atoms with Crippen molar-refractivity contribution >= 4 is 12.7 Å². The average Bonchev–Trinajstić information content (AvgIpc) is 3.10. The highest BCUT2D eigenvalue weighted by atomic mass is 19.1. The van der Waals surface area contributed by atoms with E-state index < -0.39 is 24.1 Å². The molecule has 1 saturated heterocycles. The lowest BCUT2D eigenvalue weighted by Gasteiger charge is -2.32. The van der Waals surface area contributed by atoms with Crippen LogP contribution in [0.4, 0.5) is 4.39 Å². The predicted molar refractivity (Wildman–Crippen MR) is 73.6 cm³/mol. The highest BCUT2D eigenvalue weighted by molar-refractivity contribution is 6.61. The molecule has 0 aromatic carbocycles. The summed E-state index contributed by atoms with van der Waals surface area (Å²) in [5.74, 6) is -0.218. The number of pyridine rings is 1. The van der Waals surface area contributed by atoms with E-state index >= 15 is 0 Å². The maximum absolute atomic E-state index is 13.7. The highest BCUT2D eigenvalue weighted by Crippen LogP contribution is 2.36. The smallest absolute Gasteiger partial charge is 0.487 e. The van der Waals surface area contributed by atoms with Gasteiger partial charge < -0.3 is 14.0 Å². The molecule has 0 N–H and O–H groups in total. The normalized spacial score (nSPS) is 23.9. The SMILES string of the molecule is CC1(C)OB(c2cc(OC3CC3)c(F)cn2)OC1(C)C. The molecule has 0 bridgehead atoms. The lowest BCUT2D eigenvalue weighted by atomic mass is 9.84. The molecule has 2 aliphatic rings. The van der Waals surface area contributed by atoms with E-state index in [2.05, 4.69) is 4.98 Å². The van der Waals surface area contributed by atoms with E-state index in [1.165, 1.54) is 0 Å². The maximum atomic E-state index is 13.7. The summed E-state index contributed by atoms with van der Waals surface area (Å²) in [5.41, 5.74) is -0.336.